The molecule has 0 aliphatic rings. The van der Waals surface area contributed by atoms with Gasteiger partial charge in [0.2, 0.25) is 0 Å². The highest BCUT2D eigenvalue weighted by molar-refractivity contribution is 7.15. The van der Waals surface area contributed by atoms with Gasteiger partial charge in [-0.25, -0.2) is 4.98 Å². The summed E-state index contributed by atoms with van der Waals surface area (Å²) in [4.78, 5) is 8.14. The molecule has 0 aliphatic heterocycles. The zero-order valence-electron chi connectivity index (χ0n) is 12.6. The quantitative estimate of drug-likeness (QED) is 0.721. The van der Waals surface area contributed by atoms with Gasteiger partial charge < -0.3 is 15.0 Å². The summed E-state index contributed by atoms with van der Waals surface area (Å²) >= 11 is 1.68. The number of aromatic nitrogens is 2. The van der Waals surface area contributed by atoms with Gasteiger partial charge in [0.25, 0.3) is 0 Å². The van der Waals surface area contributed by atoms with Crippen LogP contribution in [0.3, 0.4) is 0 Å². The van der Waals surface area contributed by atoms with Crippen molar-refractivity contribution in [2.45, 2.75) is 27.3 Å². The van der Waals surface area contributed by atoms with Crippen molar-refractivity contribution in [1.29, 1.82) is 0 Å². The van der Waals surface area contributed by atoms with Gasteiger partial charge in [-0.3, -0.25) is 4.40 Å². The van der Waals surface area contributed by atoms with Crippen molar-refractivity contribution in [3.05, 3.63) is 17.3 Å². The predicted molar refractivity (Wildman–Crippen MR) is 84.8 cm³/mol. The normalized spacial score (nSPS) is 11.3. The zero-order valence-corrected chi connectivity index (χ0v) is 13.4. The lowest BCUT2D eigenvalue weighted by molar-refractivity contribution is 0.154. The number of imidazole rings is 1. The van der Waals surface area contributed by atoms with Crippen LogP contribution in [0, 0.1) is 0 Å². The molecule has 1 N–H and O–H groups in total. The van der Waals surface area contributed by atoms with Crippen molar-refractivity contribution < 1.29 is 4.74 Å². The Morgan fingerprint density at radius 2 is 2.25 bits per heavy atom. The number of rotatable bonds is 9. The van der Waals surface area contributed by atoms with Crippen LogP contribution in [-0.2, 0) is 11.3 Å². The van der Waals surface area contributed by atoms with Crippen molar-refractivity contribution in [3.63, 3.8) is 0 Å². The van der Waals surface area contributed by atoms with Crippen LogP contribution in [0.5, 0.6) is 0 Å². The number of likely N-dealkylation sites (N-methyl/N-ethyl adjacent to an activating group) is 1. The summed E-state index contributed by atoms with van der Waals surface area (Å²) in [6.07, 6.45) is 2.10. The van der Waals surface area contributed by atoms with Crippen molar-refractivity contribution in [2.75, 3.05) is 37.7 Å². The summed E-state index contributed by atoms with van der Waals surface area (Å²) in [6.45, 7) is 11.5. The average molecular weight is 296 g/mol. The number of ether oxygens (including phenoxy) is 1. The Morgan fingerprint density at radius 1 is 1.40 bits per heavy atom. The highest BCUT2D eigenvalue weighted by Gasteiger charge is 2.17. The largest absolute Gasteiger partial charge is 0.380 e. The molecular weight excluding hydrogens is 272 g/mol. The molecule has 2 heterocycles. The second-order valence-electron chi connectivity index (χ2n) is 4.49. The second-order valence-corrected chi connectivity index (χ2v) is 5.37. The van der Waals surface area contributed by atoms with E-state index in [9.17, 15) is 0 Å². The molecule has 0 aliphatic carbocycles. The molecule has 0 atom stereocenters. The maximum absolute atomic E-state index is 5.47. The van der Waals surface area contributed by atoms with E-state index in [2.05, 4.69) is 40.0 Å². The van der Waals surface area contributed by atoms with Gasteiger partial charge in [-0.2, -0.15) is 0 Å². The Hall–Kier alpha value is -1.11. The van der Waals surface area contributed by atoms with Gasteiger partial charge in [0.05, 0.1) is 12.3 Å². The Kier molecular flexibility index (Phi) is 5.82. The summed E-state index contributed by atoms with van der Waals surface area (Å²) < 4.78 is 7.66. The molecule has 0 radical (unpaired) electrons. The first-order valence-corrected chi connectivity index (χ1v) is 8.17. The van der Waals surface area contributed by atoms with Crippen molar-refractivity contribution >= 4 is 22.1 Å². The van der Waals surface area contributed by atoms with Crippen LogP contribution < -0.4 is 10.2 Å². The molecule has 2 rings (SSSR count). The minimum Gasteiger partial charge on any atom is -0.380 e. The lowest BCUT2D eigenvalue weighted by atomic mass is 10.3. The van der Waals surface area contributed by atoms with Crippen LogP contribution in [0.4, 0.5) is 5.82 Å². The number of nitrogens with one attached hydrogen (secondary N) is 1. The van der Waals surface area contributed by atoms with Gasteiger partial charge in [0.15, 0.2) is 10.8 Å². The maximum atomic E-state index is 5.47. The molecule has 0 saturated heterocycles. The smallest absolute Gasteiger partial charge is 0.195 e. The summed E-state index contributed by atoms with van der Waals surface area (Å²) in [5.74, 6) is 1.08. The zero-order chi connectivity index (χ0) is 14.4. The molecule has 5 nitrogen and oxygen atoms in total. The first-order chi connectivity index (χ1) is 9.81. The van der Waals surface area contributed by atoms with Crippen LogP contribution in [0.2, 0.25) is 0 Å². The topological polar surface area (TPSA) is 41.8 Å². The van der Waals surface area contributed by atoms with E-state index in [1.165, 1.54) is 5.69 Å². The molecule has 0 saturated carbocycles. The molecule has 2 aromatic heterocycles. The molecule has 2 aromatic rings. The third kappa shape index (κ3) is 3.31. The van der Waals surface area contributed by atoms with Gasteiger partial charge in [-0.05, 0) is 20.4 Å². The maximum Gasteiger partial charge on any atom is 0.195 e. The van der Waals surface area contributed by atoms with Crippen molar-refractivity contribution in [3.8, 4) is 0 Å². The Labute approximate surface area is 124 Å². The van der Waals surface area contributed by atoms with Crippen LogP contribution >= 0.6 is 11.3 Å². The molecule has 6 heteroatoms. The van der Waals surface area contributed by atoms with E-state index >= 15 is 0 Å². The number of fused-ring (bicyclic) bond motifs is 1. The Bertz CT molecular complexity index is 522. The number of thiazole rings is 1. The highest BCUT2D eigenvalue weighted by Crippen LogP contribution is 2.24. The van der Waals surface area contributed by atoms with Crippen LogP contribution in [0.1, 0.15) is 26.5 Å². The average Bonchev–Trinajstić information content (AvgIpc) is 3.03. The van der Waals surface area contributed by atoms with Gasteiger partial charge in [0.1, 0.15) is 0 Å². The van der Waals surface area contributed by atoms with Gasteiger partial charge >= 0.3 is 0 Å². The fourth-order valence-electron chi connectivity index (χ4n) is 2.21. The van der Waals surface area contributed by atoms with E-state index in [0.717, 1.165) is 50.2 Å². The Morgan fingerprint density at radius 3 is 2.95 bits per heavy atom. The highest BCUT2D eigenvalue weighted by atomic mass is 32.1. The molecule has 0 fully saturated rings. The van der Waals surface area contributed by atoms with Crippen LogP contribution in [0.15, 0.2) is 11.6 Å². The van der Waals surface area contributed by atoms with Crippen LogP contribution in [-0.4, -0.2) is 42.2 Å². The third-order valence-corrected chi connectivity index (χ3v) is 4.03. The molecule has 0 aromatic carbocycles. The van der Waals surface area contributed by atoms with E-state index < -0.39 is 0 Å². The van der Waals surface area contributed by atoms with Crippen molar-refractivity contribution in [1.82, 2.24) is 14.7 Å². The summed E-state index contributed by atoms with van der Waals surface area (Å²) in [6, 6.07) is 0. The van der Waals surface area contributed by atoms with E-state index in [0.29, 0.717) is 0 Å². The summed E-state index contributed by atoms with van der Waals surface area (Å²) in [5.41, 5.74) is 1.24. The molecule has 0 unspecified atom stereocenters. The minimum absolute atomic E-state index is 0.746. The lowest BCUT2D eigenvalue weighted by Crippen LogP contribution is -2.29. The number of anilines is 1. The van der Waals surface area contributed by atoms with Crippen molar-refractivity contribution in [2.24, 2.45) is 0 Å². The summed E-state index contributed by atoms with van der Waals surface area (Å²) in [5, 5.41) is 5.49. The minimum atomic E-state index is 0.746. The monoisotopic (exact) mass is 296 g/mol. The van der Waals surface area contributed by atoms with E-state index in [4.69, 9.17) is 9.72 Å². The lowest BCUT2D eigenvalue weighted by Gasteiger charge is -2.22. The molecule has 0 bridgehead atoms. The molecule has 20 heavy (non-hydrogen) atoms. The standard InChI is InChI=1S/C14H24N4OS/c1-4-15-11-12-13(16-14-18(12)8-10-20-14)17(5-2)7-9-19-6-3/h8,10,15H,4-7,9,11H2,1-3H3. The van der Waals surface area contributed by atoms with Crippen LogP contribution in [0.25, 0.3) is 4.96 Å². The van der Waals surface area contributed by atoms with E-state index in [-0.39, 0.29) is 0 Å². The summed E-state index contributed by atoms with van der Waals surface area (Å²) in [7, 11) is 0. The first-order valence-electron chi connectivity index (χ1n) is 7.29. The second kappa shape index (κ2) is 7.61. The molecule has 0 spiro atoms. The fraction of sp³-hybridized carbons (Fsp3) is 0.643. The fourth-order valence-corrected chi connectivity index (χ4v) is 2.94. The Balaban J connectivity index is 2.22. The number of hydrogen-bond acceptors (Lipinski definition) is 5. The van der Waals surface area contributed by atoms with Gasteiger partial charge in [-0.15, -0.1) is 11.3 Å². The third-order valence-electron chi connectivity index (χ3n) is 3.27. The number of nitrogens with zero attached hydrogens (tertiary/aromatic N) is 3. The first kappa shape index (κ1) is 15.3. The molecule has 112 valence electrons. The number of hydrogen-bond donors (Lipinski definition) is 1. The van der Waals surface area contributed by atoms with Gasteiger partial charge in [0, 0.05) is 37.8 Å². The molecular formula is C14H24N4OS. The van der Waals surface area contributed by atoms with Gasteiger partial charge in [-0.1, -0.05) is 6.92 Å². The van der Waals surface area contributed by atoms with E-state index in [1.54, 1.807) is 11.3 Å². The SMILES string of the molecule is CCNCc1c(N(CC)CCOCC)nc2sccn12. The molecule has 0 amide bonds. The predicted octanol–water partition coefficient (Wildman–Crippen LogP) is 2.37. The van der Waals surface area contributed by atoms with E-state index in [1.807, 2.05) is 6.92 Å².